The Hall–Kier alpha value is -2.28. The number of nitrogens with zero attached hydrogens (tertiary/aromatic N) is 3. The summed E-state index contributed by atoms with van der Waals surface area (Å²) in [4.78, 5) is 19.5. The van der Waals surface area contributed by atoms with Gasteiger partial charge in [0.05, 0.1) is 20.5 Å². The zero-order valence-corrected chi connectivity index (χ0v) is 20.7. The number of hydrogen-bond acceptors (Lipinski definition) is 5. The number of aromatic nitrogens is 1. The highest BCUT2D eigenvalue weighted by Crippen LogP contribution is 2.43. The Morgan fingerprint density at radius 3 is 2.55 bits per heavy atom. The van der Waals surface area contributed by atoms with E-state index in [9.17, 15) is 10.1 Å². The first-order chi connectivity index (χ1) is 16.0. The molecule has 0 bridgehead atoms. The fourth-order valence-electron chi connectivity index (χ4n) is 4.70. The summed E-state index contributed by atoms with van der Waals surface area (Å²) >= 11 is 7.86. The third-order valence-corrected chi connectivity index (χ3v) is 8.14. The van der Waals surface area contributed by atoms with Gasteiger partial charge >= 0.3 is 0 Å². The van der Waals surface area contributed by atoms with Crippen molar-refractivity contribution >= 4 is 28.6 Å². The van der Waals surface area contributed by atoms with Crippen LogP contribution in [0.25, 0.3) is 10.4 Å². The Morgan fingerprint density at radius 2 is 1.88 bits per heavy atom. The Labute approximate surface area is 204 Å². The monoisotopic (exact) mass is 483 g/mol. The predicted octanol–water partition coefficient (Wildman–Crippen LogP) is 7.79. The number of halogens is 1. The van der Waals surface area contributed by atoms with Crippen LogP contribution in [0.4, 0.5) is 5.69 Å². The summed E-state index contributed by atoms with van der Waals surface area (Å²) in [5.41, 5.74) is 3.53. The molecule has 2 unspecified atom stereocenters. The summed E-state index contributed by atoms with van der Waals surface area (Å²) in [5, 5.41) is 13.0. The maximum atomic E-state index is 11.1. The number of nitro benzene ring substituents is 1. The van der Waals surface area contributed by atoms with Crippen LogP contribution in [0.3, 0.4) is 0 Å². The van der Waals surface area contributed by atoms with Crippen molar-refractivity contribution < 1.29 is 4.92 Å². The van der Waals surface area contributed by atoms with Crippen molar-refractivity contribution in [3.8, 4) is 10.4 Å². The summed E-state index contributed by atoms with van der Waals surface area (Å²) in [7, 11) is 0. The molecule has 1 aromatic heterocycles. The number of rotatable bonds is 8. The van der Waals surface area contributed by atoms with Crippen molar-refractivity contribution in [1.29, 1.82) is 0 Å². The summed E-state index contributed by atoms with van der Waals surface area (Å²) in [6.45, 7) is 6.39. The van der Waals surface area contributed by atoms with E-state index >= 15 is 0 Å². The van der Waals surface area contributed by atoms with Gasteiger partial charge in [0.2, 0.25) is 0 Å². The summed E-state index contributed by atoms with van der Waals surface area (Å²) in [5.74, 6) is 0.386. The number of piperidine rings is 1. The topological polar surface area (TPSA) is 59.3 Å². The first kappa shape index (κ1) is 23.9. The zero-order valence-electron chi connectivity index (χ0n) is 19.2. The second-order valence-electron chi connectivity index (χ2n) is 8.80. The highest BCUT2D eigenvalue weighted by atomic mass is 35.5. The van der Waals surface area contributed by atoms with Crippen LogP contribution in [-0.2, 0) is 0 Å². The van der Waals surface area contributed by atoms with Gasteiger partial charge in [-0.25, -0.2) is 4.98 Å². The molecule has 0 spiro atoms. The number of unbranched alkanes of at least 4 members (excludes halogenated alkanes) is 2. The minimum absolute atomic E-state index is 0.145. The molecular formula is C26H30ClN3O2S. The van der Waals surface area contributed by atoms with E-state index in [4.69, 9.17) is 16.6 Å². The molecule has 1 aliphatic rings. The van der Waals surface area contributed by atoms with Gasteiger partial charge in [-0.15, -0.1) is 11.3 Å². The highest BCUT2D eigenvalue weighted by Gasteiger charge is 2.32. The van der Waals surface area contributed by atoms with Crippen LogP contribution in [0, 0.1) is 17.0 Å². The van der Waals surface area contributed by atoms with Crippen LogP contribution < -0.4 is 0 Å². The average molecular weight is 484 g/mol. The van der Waals surface area contributed by atoms with Gasteiger partial charge in [-0.1, -0.05) is 55.6 Å². The van der Waals surface area contributed by atoms with Crippen molar-refractivity contribution in [2.45, 2.75) is 57.9 Å². The molecule has 7 heteroatoms. The van der Waals surface area contributed by atoms with E-state index in [1.165, 1.54) is 29.1 Å². The van der Waals surface area contributed by atoms with Crippen LogP contribution in [0.15, 0.2) is 48.5 Å². The minimum atomic E-state index is -0.330. The molecule has 0 N–H and O–H groups in total. The standard InChI is InChI=1S/C26H30ClN3O2S/c1-3-4-5-15-29-16-14-21(17-24(29)19-8-12-23(13-9-19)30(31)32)26-28-18(2)25(33-26)20-6-10-22(27)11-7-20/h6-13,21,24H,3-5,14-17H2,1-2H3. The molecular weight excluding hydrogens is 454 g/mol. The van der Waals surface area contributed by atoms with Gasteiger partial charge < -0.3 is 0 Å². The number of thiazole rings is 1. The molecule has 174 valence electrons. The summed E-state index contributed by atoms with van der Waals surface area (Å²) < 4.78 is 0. The van der Waals surface area contributed by atoms with Crippen molar-refractivity contribution in [3.05, 3.63) is 79.9 Å². The number of non-ortho nitro benzene ring substituents is 1. The molecule has 0 radical (unpaired) electrons. The van der Waals surface area contributed by atoms with Crippen LogP contribution in [0.5, 0.6) is 0 Å². The van der Waals surface area contributed by atoms with E-state index in [0.29, 0.717) is 5.92 Å². The van der Waals surface area contributed by atoms with Crippen molar-refractivity contribution in [3.63, 3.8) is 0 Å². The van der Waals surface area contributed by atoms with E-state index < -0.39 is 0 Å². The van der Waals surface area contributed by atoms with Gasteiger partial charge in [0, 0.05) is 29.1 Å². The Bertz CT molecular complexity index is 1080. The minimum Gasteiger partial charge on any atom is -0.296 e. The molecule has 5 nitrogen and oxygen atoms in total. The van der Waals surface area contributed by atoms with Crippen LogP contribution in [-0.4, -0.2) is 27.9 Å². The molecule has 2 atom stereocenters. The van der Waals surface area contributed by atoms with E-state index in [2.05, 4.69) is 30.9 Å². The summed E-state index contributed by atoms with van der Waals surface area (Å²) in [6.07, 6.45) is 5.68. The molecule has 0 saturated carbocycles. The number of benzene rings is 2. The van der Waals surface area contributed by atoms with E-state index in [0.717, 1.165) is 47.8 Å². The van der Waals surface area contributed by atoms with E-state index in [-0.39, 0.29) is 16.7 Å². The lowest BCUT2D eigenvalue weighted by atomic mass is 9.87. The number of aryl methyl sites for hydroxylation is 1. The molecule has 1 saturated heterocycles. The van der Waals surface area contributed by atoms with Gasteiger partial charge in [-0.3, -0.25) is 15.0 Å². The third kappa shape index (κ3) is 5.62. The Morgan fingerprint density at radius 1 is 1.15 bits per heavy atom. The molecule has 0 amide bonds. The van der Waals surface area contributed by atoms with E-state index in [1.54, 1.807) is 23.5 Å². The second kappa shape index (κ2) is 10.8. The molecule has 33 heavy (non-hydrogen) atoms. The lowest BCUT2D eigenvalue weighted by molar-refractivity contribution is -0.384. The van der Waals surface area contributed by atoms with Gasteiger partial charge in [-0.2, -0.15) is 0 Å². The first-order valence-corrected chi connectivity index (χ1v) is 12.9. The molecule has 0 aliphatic carbocycles. The van der Waals surface area contributed by atoms with Crippen LogP contribution in [0.2, 0.25) is 5.02 Å². The Balaban J connectivity index is 1.57. The largest absolute Gasteiger partial charge is 0.296 e. The maximum Gasteiger partial charge on any atom is 0.269 e. The molecule has 4 rings (SSSR count). The molecule has 2 heterocycles. The Kier molecular flexibility index (Phi) is 7.78. The lowest BCUT2D eigenvalue weighted by Gasteiger charge is -2.39. The predicted molar refractivity (Wildman–Crippen MR) is 136 cm³/mol. The number of likely N-dealkylation sites (tertiary alicyclic amines) is 1. The van der Waals surface area contributed by atoms with Crippen molar-refractivity contribution in [2.24, 2.45) is 0 Å². The molecule has 1 aliphatic heterocycles. The van der Waals surface area contributed by atoms with Crippen LogP contribution in [0.1, 0.15) is 67.3 Å². The fourth-order valence-corrected chi connectivity index (χ4v) is 6.04. The normalized spacial score (nSPS) is 19.0. The third-order valence-electron chi connectivity index (χ3n) is 6.52. The SMILES string of the molecule is CCCCCN1CCC(c2nc(C)c(-c3ccc(Cl)cc3)s2)CC1c1ccc([N+](=O)[O-])cc1. The summed E-state index contributed by atoms with van der Waals surface area (Å²) in [6, 6.07) is 15.4. The van der Waals surface area contributed by atoms with Gasteiger partial charge in [0.1, 0.15) is 0 Å². The molecule has 3 aromatic rings. The number of hydrogen-bond donors (Lipinski definition) is 0. The highest BCUT2D eigenvalue weighted by molar-refractivity contribution is 7.15. The zero-order chi connectivity index (χ0) is 23.4. The van der Waals surface area contributed by atoms with Gasteiger partial charge in [-0.05, 0) is 62.5 Å². The van der Waals surface area contributed by atoms with Crippen molar-refractivity contribution in [2.75, 3.05) is 13.1 Å². The van der Waals surface area contributed by atoms with Crippen molar-refractivity contribution in [1.82, 2.24) is 9.88 Å². The smallest absolute Gasteiger partial charge is 0.269 e. The lowest BCUT2D eigenvalue weighted by Crippen LogP contribution is -2.37. The molecule has 2 aromatic carbocycles. The average Bonchev–Trinajstić information content (AvgIpc) is 3.21. The quantitative estimate of drug-likeness (QED) is 0.186. The maximum absolute atomic E-state index is 11.1. The van der Waals surface area contributed by atoms with Gasteiger partial charge in [0.15, 0.2) is 0 Å². The van der Waals surface area contributed by atoms with Crippen LogP contribution >= 0.6 is 22.9 Å². The number of nitro groups is 1. The first-order valence-electron chi connectivity index (χ1n) is 11.7. The van der Waals surface area contributed by atoms with E-state index in [1.807, 2.05) is 24.3 Å². The fraction of sp³-hybridized carbons (Fsp3) is 0.423. The second-order valence-corrected chi connectivity index (χ2v) is 10.3. The van der Waals surface area contributed by atoms with Gasteiger partial charge in [0.25, 0.3) is 5.69 Å². The molecule has 1 fully saturated rings.